The molecular weight excluding hydrogens is 602 g/mol. The standard InChI is InChI=1S/C36H41N3O6S/c1-6-37-36(41)32(22-28-13-9-7-10-14-28)38(24-29-15-11-8-12-16-29)35(40)25-39(30-20-26(2)19-27(3)21-30)46(42,43)31-17-18-33(44-4)34(23-31)45-5/h7-21,23,32H,6,22,24-25H2,1-5H3,(H,37,41)/t32-/m1/s1. The Hall–Kier alpha value is -4.83. The van der Waals surface area contributed by atoms with Crippen molar-refractivity contribution in [2.75, 3.05) is 31.6 Å². The molecule has 1 atom stereocenters. The summed E-state index contributed by atoms with van der Waals surface area (Å²) in [4.78, 5) is 29.6. The zero-order valence-corrected chi connectivity index (χ0v) is 27.7. The lowest BCUT2D eigenvalue weighted by atomic mass is 10.0. The lowest BCUT2D eigenvalue weighted by molar-refractivity contribution is -0.140. The molecule has 0 aliphatic heterocycles. The molecule has 1 N–H and O–H groups in total. The molecule has 2 amide bonds. The number of rotatable bonds is 14. The number of nitrogens with one attached hydrogen (secondary N) is 1. The minimum atomic E-state index is -4.31. The molecule has 0 radical (unpaired) electrons. The summed E-state index contributed by atoms with van der Waals surface area (Å²) in [5.41, 5.74) is 3.67. The maximum atomic E-state index is 14.5. The van der Waals surface area contributed by atoms with Crippen molar-refractivity contribution in [3.63, 3.8) is 0 Å². The molecule has 0 saturated heterocycles. The van der Waals surface area contributed by atoms with E-state index in [0.29, 0.717) is 18.0 Å². The Balaban J connectivity index is 1.83. The van der Waals surface area contributed by atoms with Crippen LogP contribution in [-0.2, 0) is 32.6 Å². The SMILES string of the molecule is CCNC(=O)[C@@H](Cc1ccccc1)N(Cc1ccccc1)C(=O)CN(c1cc(C)cc(C)c1)S(=O)(=O)c1ccc(OC)c(OC)c1. The van der Waals surface area contributed by atoms with Crippen molar-refractivity contribution in [2.45, 2.75) is 44.7 Å². The van der Waals surface area contributed by atoms with Gasteiger partial charge in [0, 0.05) is 25.6 Å². The number of amides is 2. The fraction of sp³-hybridized carbons (Fsp3) is 0.278. The number of benzene rings is 4. The molecule has 0 spiro atoms. The predicted octanol–water partition coefficient (Wildman–Crippen LogP) is 5.29. The van der Waals surface area contributed by atoms with Gasteiger partial charge < -0.3 is 19.7 Å². The number of carbonyl (C=O) groups is 2. The van der Waals surface area contributed by atoms with Gasteiger partial charge >= 0.3 is 0 Å². The molecule has 4 aromatic carbocycles. The van der Waals surface area contributed by atoms with Crippen LogP contribution in [0.15, 0.2) is 102 Å². The van der Waals surface area contributed by atoms with E-state index in [2.05, 4.69) is 5.32 Å². The zero-order valence-electron chi connectivity index (χ0n) is 26.9. The third kappa shape index (κ3) is 8.25. The highest BCUT2D eigenvalue weighted by Gasteiger charge is 2.35. The minimum absolute atomic E-state index is 0.0729. The second-order valence-corrected chi connectivity index (χ2v) is 12.8. The average Bonchev–Trinajstić information content (AvgIpc) is 3.05. The topological polar surface area (TPSA) is 105 Å². The largest absolute Gasteiger partial charge is 0.493 e. The van der Waals surface area contributed by atoms with Gasteiger partial charge in [0.15, 0.2) is 11.5 Å². The molecule has 0 aliphatic rings. The number of nitrogens with zero attached hydrogens (tertiary/aromatic N) is 2. The summed E-state index contributed by atoms with van der Waals surface area (Å²) >= 11 is 0. The molecule has 242 valence electrons. The number of hydrogen-bond donors (Lipinski definition) is 1. The van der Waals surface area contributed by atoms with Gasteiger partial charge in [-0.15, -0.1) is 0 Å². The van der Waals surface area contributed by atoms with E-state index in [-0.39, 0.29) is 29.5 Å². The summed E-state index contributed by atoms with van der Waals surface area (Å²) < 4.78 is 40.6. The highest BCUT2D eigenvalue weighted by atomic mass is 32.2. The summed E-state index contributed by atoms with van der Waals surface area (Å²) in [6, 6.07) is 27.6. The van der Waals surface area contributed by atoms with E-state index in [0.717, 1.165) is 26.6 Å². The Morgan fingerprint density at radius 3 is 1.93 bits per heavy atom. The van der Waals surface area contributed by atoms with Crippen molar-refractivity contribution in [1.29, 1.82) is 0 Å². The Morgan fingerprint density at radius 1 is 0.783 bits per heavy atom. The molecule has 9 nitrogen and oxygen atoms in total. The van der Waals surface area contributed by atoms with Gasteiger partial charge in [-0.05, 0) is 67.3 Å². The van der Waals surface area contributed by atoms with Gasteiger partial charge in [-0.2, -0.15) is 0 Å². The van der Waals surface area contributed by atoms with Crippen molar-refractivity contribution in [3.05, 3.63) is 119 Å². The van der Waals surface area contributed by atoms with Crippen LogP contribution in [0.2, 0.25) is 0 Å². The van der Waals surface area contributed by atoms with Crippen LogP contribution in [-0.4, -0.2) is 58.5 Å². The molecule has 4 rings (SSSR count). The van der Waals surface area contributed by atoms with E-state index in [1.165, 1.54) is 37.3 Å². The molecule has 0 unspecified atom stereocenters. The molecular formula is C36H41N3O6S. The molecule has 0 fully saturated rings. The second-order valence-electron chi connectivity index (χ2n) is 11.0. The molecule has 0 heterocycles. The van der Waals surface area contributed by atoms with Crippen LogP contribution in [0.25, 0.3) is 0 Å². The fourth-order valence-corrected chi connectivity index (χ4v) is 6.77. The van der Waals surface area contributed by atoms with Crippen LogP contribution in [0, 0.1) is 13.8 Å². The molecule has 0 saturated carbocycles. The number of hydrogen-bond acceptors (Lipinski definition) is 6. The minimum Gasteiger partial charge on any atom is -0.493 e. The molecule has 0 bridgehead atoms. The predicted molar refractivity (Wildman–Crippen MR) is 180 cm³/mol. The average molecular weight is 644 g/mol. The van der Waals surface area contributed by atoms with E-state index in [1.54, 1.807) is 12.1 Å². The number of ether oxygens (including phenoxy) is 2. The number of aryl methyl sites for hydroxylation is 2. The summed E-state index contributed by atoms with van der Waals surface area (Å²) in [5.74, 6) is -0.245. The van der Waals surface area contributed by atoms with Crippen LogP contribution in [0.3, 0.4) is 0 Å². The molecule has 0 aromatic heterocycles. The first-order valence-electron chi connectivity index (χ1n) is 15.1. The first-order chi connectivity index (χ1) is 22.1. The van der Waals surface area contributed by atoms with E-state index in [1.807, 2.05) is 87.5 Å². The van der Waals surface area contributed by atoms with E-state index in [9.17, 15) is 18.0 Å². The van der Waals surface area contributed by atoms with Gasteiger partial charge in [0.2, 0.25) is 11.8 Å². The molecule has 4 aromatic rings. The molecule has 0 aliphatic carbocycles. The summed E-state index contributed by atoms with van der Waals surface area (Å²) in [6.07, 6.45) is 0.247. The van der Waals surface area contributed by atoms with E-state index >= 15 is 0 Å². The highest BCUT2D eigenvalue weighted by Crippen LogP contribution is 2.33. The maximum absolute atomic E-state index is 14.5. The first kappa shape index (κ1) is 34.1. The van der Waals surface area contributed by atoms with Crippen LogP contribution < -0.4 is 19.1 Å². The quantitative estimate of drug-likeness (QED) is 0.200. The van der Waals surface area contributed by atoms with Crippen LogP contribution >= 0.6 is 0 Å². The van der Waals surface area contributed by atoms with Crippen molar-refractivity contribution < 1.29 is 27.5 Å². The summed E-state index contributed by atoms with van der Waals surface area (Å²) in [7, 11) is -1.42. The first-order valence-corrected chi connectivity index (χ1v) is 16.5. The maximum Gasteiger partial charge on any atom is 0.264 e. The number of likely N-dealkylation sites (N-methyl/N-ethyl adjacent to an activating group) is 1. The zero-order chi connectivity index (χ0) is 33.3. The normalized spacial score (nSPS) is 11.8. The number of methoxy groups -OCH3 is 2. The number of sulfonamides is 1. The van der Waals surface area contributed by atoms with Crippen LogP contribution in [0.5, 0.6) is 11.5 Å². The Labute approximate surface area is 271 Å². The van der Waals surface area contributed by atoms with Crippen molar-refractivity contribution in [2.24, 2.45) is 0 Å². The van der Waals surface area contributed by atoms with Gasteiger partial charge in [-0.1, -0.05) is 66.7 Å². The Morgan fingerprint density at radius 2 is 1.37 bits per heavy atom. The third-order valence-corrected chi connectivity index (χ3v) is 9.30. The summed E-state index contributed by atoms with van der Waals surface area (Å²) in [5, 5.41) is 2.88. The van der Waals surface area contributed by atoms with Crippen LogP contribution in [0.1, 0.15) is 29.2 Å². The van der Waals surface area contributed by atoms with Crippen molar-refractivity contribution in [3.8, 4) is 11.5 Å². The molecule has 46 heavy (non-hydrogen) atoms. The van der Waals surface area contributed by atoms with E-state index in [4.69, 9.17) is 9.47 Å². The summed E-state index contributed by atoms with van der Waals surface area (Å²) in [6.45, 7) is 5.49. The van der Waals surface area contributed by atoms with Crippen molar-refractivity contribution in [1.82, 2.24) is 10.2 Å². The van der Waals surface area contributed by atoms with Gasteiger partial charge in [0.25, 0.3) is 10.0 Å². The number of anilines is 1. The number of carbonyl (C=O) groups excluding carboxylic acids is 2. The van der Waals surface area contributed by atoms with Gasteiger partial charge in [0.05, 0.1) is 24.8 Å². The Bertz CT molecular complexity index is 1730. The van der Waals surface area contributed by atoms with Crippen molar-refractivity contribution >= 4 is 27.5 Å². The Kier molecular flexibility index (Phi) is 11.4. The lowest BCUT2D eigenvalue weighted by Gasteiger charge is -2.34. The van der Waals surface area contributed by atoms with Crippen LogP contribution in [0.4, 0.5) is 5.69 Å². The smallest absolute Gasteiger partial charge is 0.264 e. The molecule has 10 heteroatoms. The fourth-order valence-electron chi connectivity index (χ4n) is 5.35. The van der Waals surface area contributed by atoms with Gasteiger partial charge in [-0.25, -0.2) is 8.42 Å². The van der Waals surface area contributed by atoms with E-state index < -0.39 is 28.5 Å². The third-order valence-electron chi connectivity index (χ3n) is 7.53. The van der Waals surface area contributed by atoms with Gasteiger partial charge in [0.1, 0.15) is 12.6 Å². The lowest BCUT2D eigenvalue weighted by Crippen LogP contribution is -2.53. The highest BCUT2D eigenvalue weighted by molar-refractivity contribution is 7.92. The second kappa shape index (κ2) is 15.4. The van der Waals surface area contributed by atoms with Gasteiger partial charge in [-0.3, -0.25) is 13.9 Å². The monoisotopic (exact) mass is 643 g/mol.